The second-order valence-corrected chi connectivity index (χ2v) is 10.4. The van der Waals surface area contributed by atoms with Crippen molar-refractivity contribution in [1.82, 2.24) is 14.3 Å². The molecule has 2 heterocycles. The number of halogens is 1. The number of fused-ring (bicyclic) bond motifs is 1. The lowest BCUT2D eigenvalue weighted by Gasteiger charge is -2.29. The Morgan fingerprint density at radius 3 is 2.44 bits per heavy atom. The molecule has 1 atom stereocenters. The predicted molar refractivity (Wildman–Crippen MR) is 143 cm³/mol. The van der Waals surface area contributed by atoms with Gasteiger partial charge in [-0.15, -0.1) is 12.4 Å². The number of hydrogen-bond acceptors (Lipinski definition) is 4. The van der Waals surface area contributed by atoms with Gasteiger partial charge in [-0.05, 0) is 65.4 Å². The lowest BCUT2D eigenvalue weighted by atomic mass is 9.93. The maximum absolute atomic E-state index is 14.0. The van der Waals surface area contributed by atoms with E-state index in [1.165, 1.54) is 0 Å². The highest BCUT2D eigenvalue weighted by atomic mass is 35.5. The number of nitriles is 1. The van der Waals surface area contributed by atoms with Crippen LogP contribution in [0.2, 0.25) is 0 Å². The third-order valence-electron chi connectivity index (χ3n) is 6.27. The van der Waals surface area contributed by atoms with Crippen LogP contribution in [0.5, 0.6) is 0 Å². The Kier molecular flexibility index (Phi) is 7.70. The fourth-order valence-electron chi connectivity index (χ4n) is 4.61. The van der Waals surface area contributed by atoms with Gasteiger partial charge in [0.1, 0.15) is 0 Å². The lowest BCUT2D eigenvalue weighted by molar-refractivity contribution is 0.318. The van der Waals surface area contributed by atoms with Crippen LogP contribution < -0.4 is 0 Å². The molecule has 0 spiro atoms. The molecule has 1 aliphatic heterocycles. The molecule has 1 aliphatic rings. The van der Waals surface area contributed by atoms with Crippen molar-refractivity contribution >= 4 is 34.1 Å². The van der Waals surface area contributed by atoms with Crippen molar-refractivity contribution in [3.63, 3.8) is 0 Å². The zero-order chi connectivity index (χ0) is 24.3. The molecule has 5 rings (SSSR count). The summed E-state index contributed by atoms with van der Waals surface area (Å²) in [6.45, 7) is 0.178. The van der Waals surface area contributed by atoms with Gasteiger partial charge in [0, 0.05) is 18.8 Å². The minimum absolute atomic E-state index is 0. The molecule has 0 aliphatic carbocycles. The highest BCUT2D eigenvalue weighted by molar-refractivity contribution is 7.89. The van der Waals surface area contributed by atoms with Crippen molar-refractivity contribution in [2.24, 2.45) is 0 Å². The highest BCUT2D eigenvalue weighted by Gasteiger charge is 2.35. The quantitative estimate of drug-likeness (QED) is 0.382. The van der Waals surface area contributed by atoms with Crippen LogP contribution in [0.1, 0.15) is 34.4 Å². The fourth-order valence-corrected chi connectivity index (χ4v) is 6.23. The Hall–Kier alpha value is -3.70. The number of aromatic amines is 1. The number of hydrogen-bond donors (Lipinski definition) is 1. The number of nitrogens with one attached hydrogen (secondary N) is 1. The number of rotatable bonds is 5. The molecule has 1 aromatic heterocycles. The van der Waals surface area contributed by atoms with E-state index in [0.717, 1.165) is 28.0 Å². The summed E-state index contributed by atoms with van der Waals surface area (Å²) < 4.78 is 29.5. The second-order valence-electron chi connectivity index (χ2n) is 8.56. The minimum Gasteiger partial charge on any atom is -0.351 e. The van der Waals surface area contributed by atoms with Crippen molar-refractivity contribution in [2.45, 2.75) is 30.3 Å². The zero-order valence-corrected chi connectivity index (χ0v) is 21.0. The molecule has 3 aromatic carbocycles. The average molecular weight is 517 g/mol. The zero-order valence-electron chi connectivity index (χ0n) is 19.4. The van der Waals surface area contributed by atoms with E-state index in [1.54, 1.807) is 47.0 Å². The lowest BCUT2D eigenvalue weighted by Crippen LogP contribution is -2.40. The van der Waals surface area contributed by atoms with Gasteiger partial charge in [-0.1, -0.05) is 54.6 Å². The fraction of sp³-hybridized carbons (Fsp3) is 0.143. The predicted octanol–water partition coefficient (Wildman–Crippen LogP) is 5.45. The monoisotopic (exact) mass is 516 g/mol. The smallest absolute Gasteiger partial charge is 0.243 e. The van der Waals surface area contributed by atoms with Crippen molar-refractivity contribution in [1.29, 1.82) is 5.26 Å². The maximum Gasteiger partial charge on any atom is 0.243 e. The molecule has 0 unspecified atom stereocenters. The van der Waals surface area contributed by atoms with Crippen LogP contribution in [0, 0.1) is 11.3 Å². The second kappa shape index (κ2) is 10.9. The molecule has 0 amide bonds. The normalized spacial score (nSPS) is 17.0. The third kappa shape index (κ3) is 5.26. The molecule has 0 saturated heterocycles. The van der Waals surface area contributed by atoms with Gasteiger partial charge >= 0.3 is 0 Å². The molecule has 4 aromatic rings. The Morgan fingerprint density at radius 1 is 1.06 bits per heavy atom. The summed E-state index contributed by atoms with van der Waals surface area (Å²) in [5.41, 5.74) is 5.07. The summed E-state index contributed by atoms with van der Waals surface area (Å²) in [6, 6.07) is 25.9. The summed E-state index contributed by atoms with van der Waals surface area (Å²) in [5, 5.41) is 9.52. The van der Waals surface area contributed by atoms with Crippen LogP contribution >= 0.6 is 12.4 Å². The topological polar surface area (TPSA) is 89.9 Å². The summed E-state index contributed by atoms with van der Waals surface area (Å²) in [5.74, 6) is 0. The molecule has 6 nitrogen and oxygen atoms in total. The van der Waals surface area contributed by atoms with Gasteiger partial charge in [0.05, 0.1) is 28.5 Å². The summed E-state index contributed by atoms with van der Waals surface area (Å²) in [7, 11) is -3.80. The van der Waals surface area contributed by atoms with Crippen molar-refractivity contribution in [3.8, 4) is 6.07 Å². The highest BCUT2D eigenvalue weighted by Crippen LogP contribution is 2.36. The molecule has 1 N–H and O–H groups in total. The minimum atomic E-state index is -3.80. The Labute approximate surface area is 217 Å². The first-order chi connectivity index (χ1) is 17.0. The van der Waals surface area contributed by atoms with E-state index in [-0.39, 0.29) is 29.9 Å². The third-order valence-corrected chi connectivity index (χ3v) is 8.19. The number of benzene rings is 3. The SMILES string of the molecule is Cl.N#Cc1ccc2c(c1)CN(S(=O)(=O)c1ccccc1)[C@H](Cc1ccccc1)CC2=Cc1c[nH]cn1. The molecule has 0 saturated carbocycles. The molecule has 0 radical (unpaired) electrons. The molecule has 182 valence electrons. The first-order valence-corrected chi connectivity index (χ1v) is 12.8. The summed E-state index contributed by atoms with van der Waals surface area (Å²) in [4.78, 5) is 7.59. The largest absolute Gasteiger partial charge is 0.351 e. The number of sulfonamides is 1. The van der Waals surface area contributed by atoms with Crippen LogP contribution in [-0.4, -0.2) is 28.7 Å². The van der Waals surface area contributed by atoms with Gasteiger partial charge < -0.3 is 4.98 Å². The van der Waals surface area contributed by atoms with E-state index in [9.17, 15) is 13.7 Å². The van der Waals surface area contributed by atoms with E-state index < -0.39 is 10.0 Å². The molecular weight excluding hydrogens is 492 g/mol. The Balaban J connectivity index is 0.00000304. The van der Waals surface area contributed by atoms with Crippen LogP contribution in [0.3, 0.4) is 0 Å². The van der Waals surface area contributed by atoms with E-state index >= 15 is 0 Å². The number of nitrogens with zero attached hydrogens (tertiary/aromatic N) is 3. The van der Waals surface area contributed by atoms with E-state index in [2.05, 4.69) is 16.0 Å². The van der Waals surface area contributed by atoms with E-state index in [1.807, 2.05) is 54.7 Å². The first kappa shape index (κ1) is 25.4. The van der Waals surface area contributed by atoms with Gasteiger partial charge in [-0.25, -0.2) is 13.4 Å². The molecule has 36 heavy (non-hydrogen) atoms. The first-order valence-electron chi connectivity index (χ1n) is 11.4. The van der Waals surface area contributed by atoms with E-state index in [4.69, 9.17) is 0 Å². The van der Waals surface area contributed by atoms with Crippen molar-refractivity contribution < 1.29 is 8.42 Å². The van der Waals surface area contributed by atoms with Gasteiger partial charge in [-0.3, -0.25) is 0 Å². The van der Waals surface area contributed by atoms with Gasteiger partial charge in [0.15, 0.2) is 0 Å². The van der Waals surface area contributed by atoms with Gasteiger partial charge in [0.2, 0.25) is 10.0 Å². The number of H-pyrrole nitrogens is 1. The molecule has 8 heteroatoms. The summed E-state index contributed by atoms with van der Waals surface area (Å²) in [6.07, 6.45) is 6.50. The van der Waals surface area contributed by atoms with Crippen molar-refractivity contribution in [3.05, 3.63) is 119 Å². The van der Waals surface area contributed by atoms with E-state index in [0.29, 0.717) is 18.4 Å². The van der Waals surface area contributed by atoms with Crippen LogP contribution in [0.25, 0.3) is 11.6 Å². The van der Waals surface area contributed by atoms with Gasteiger partial charge in [0.25, 0.3) is 0 Å². The van der Waals surface area contributed by atoms with Crippen LogP contribution in [-0.2, 0) is 23.0 Å². The van der Waals surface area contributed by atoms with Crippen LogP contribution in [0.15, 0.2) is 96.3 Å². The Morgan fingerprint density at radius 2 is 1.78 bits per heavy atom. The molecular formula is C28H25ClN4O2S. The van der Waals surface area contributed by atoms with Crippen molar-refractivity contribution in [2.75, 3.05) is 0 Å². The summed E-state index contributed by atoms with van der Waals surface area (Å²) >= 11 is 0. The average Bonchev–Trinajstić information content (AvgIpc) is 3.35. The van der Waals surface area contributed by atoms with Gasteiger partial charge in [-0.2, -0.15) is 9.57 Å². The Bertz CT molecular complexity index is 1500. The number of imidazole rings is 1. The number of aromatic nitrogens is 2. The molecule has 0 bridgehead atoms. The van der Waals surface area contributed by atoms with Crippen LogP contribution in [0.4, 0.5) is 0 Å². The molecule has 0 fully saturated rings. The standard InChI is InChI=1S/C28H24N4O2S.ClH/c29-17-22-11-12-28-23(15-25-18-30-20-31-25)16-26(14-21-7-3-1-4-8-21)32(19-24(28)13-22)35(33,34)27-9-5-2-6-10-27;/h1-13,15,18,20,26H,14,16,19H2,(H,30,31);1H/t26-;/m1./s1. The maximum atomic E-state index is 14.0.